The van der Waals surface area contributed by atoms with Crippen LogP contribution in [-0.4, -0.2) is 135 Å². The van der Waals surface area contributed by atoms with Crippen molar-refractivity contribution in [2.45, 2.75) is 19.0 Å². The van der Waals surface area contributed by atoms with Crippen molar-refractivity contribution in [2.24, 2.45) is 5.73 Å². The third-order valence-corrected chi connectivity index (χ3v) is 8.55. The van der Waals surface area contributed by atoms with Crippen molar-refractivity contribution in [2.75, 3.05) is 91.7 Å². The largest absolute Gasteiger partial charge is 0.416 e. The molecule has 0 aliphatic carbocycles. The van der Waals surface area contributed by atoms with E-state index in [9.17, 15) is 37.1 Å². The molecule has 0 aromatic heterocycles. The molecule has 298 valence electrons. The van der Waals surface area contributed by atoms with Crippen LogP contribution in [0.25, 0.3) is 0 Å². The summed E-state index contributed by atoms with van der Waals surface area (Å²) in [5, 5.41) is 2.79. The average molecular weight is 771 g/mol. The highest BCUT2D eigenvalue weighted by Gasteiger charge is 2.30. The van der Waals surface area contributed by atoms with E-state index in [-0.39, 0.29) is 58.2 Å². The number of hydrogen-bond acceptors (Lipinski definition) is 8. The number of anilines is 1. The molecule has 0 aliphatic rings. The van der Waals surface area contributed by atoms with Crippen LogP contribution in [0.5, 0.6) is 0 Å². The Morgan fingerprint density at radius 2 is 0.982 bits per heavy atom. The van der Waals surface area contributed by atoms with E-state index in [4.69, 9.17) is 15.2 Å². The number of carbonyl (C=O) groups is 5. The molecule has 0 heterocycles. The topological polar surface area (TPSA) is 155 Å². The van der Waals surface area contributed by atoms with Crippen molar-refractivity contribution < 1.29 is 46.6 Å². The zero-order chi connectivity index (χ0) is 40.2. The summed E-state index contributed by atoms with van der Waals surface area (Å²) in [6.45, 7) is -1.46. The van der Waals surface area contributed by atoms with Crippen LogP contribution >= 0.6 is 0 Å². The maximum absolute atomic E-state index is 13.9. The number of primary amides is 1. The molecular weight excluding hydrogens is 721 g/mol. The molecule has 3 N–H and O–H groups in total. The minimum absolute atomic E-state index is 0.0129. The molecule has 3 aromatic rings. The van der Waals surface area contributed by atoms with Crippen LogP contribution in [0.15, 0.2) is 84.9 Å². The summed E-state index contributed by atoms with van der Waals surface area (Å²) in [4.78, 5) is 71.7. The molecule has 0 fully saturated rings. The number of hydrogen-bond donors (Lipinski definition) is 2. The molecule has 0 aliphatic heterocycles. The molecule has 5 amide bonds. The van der Waals surface area contributed by atoms with E-state index in [0.717, 1.165) is 23.3 Å². The van der Waals surface area contributed by atoms with E-state index in [1.807, 2.05) is 60.7 Å². The number of nitrogens with two attached hydrogens (primary N) is 1. The van der Waals surface area contributed by atoms with E-state index in [1.165, 1.54) is 46.0 Å². The normalized spacial score (nSPS) is 11.1. The average Bonchev–Trinajstić information content (AvgIpc) is 3.17. The van der Waals surface area contributed by atoms with Gasteiger partial charge in [0.05, 0.1) is 51.5 Å². The third-order valence-electron chi connectivity index (χ3n) is 8.55. The van der Waals surface area contributed by atoms with Crippen molar-refractivity contribution in [1.29, 1.82) is 0 Å². The van der Waals surface area contributed by atoms with Crippen molar-refractivity contribution in [3.63, 3.8) is 0 Å². The Hall–Kier alpha value is -5.48. The SMILES string of the molecule is COCCN(CC(=O)N(CCc1ccccc1)CC(=O)N(CCOC)CC(=O)N(CCc1ccccc1)CC(N)=O)C(=O)CNc1ccc(C(F)(F)F)cc1. The van der Waals surface area contributed by atoms with Crippen LogP contribution in [0.1, 0.15) is 16.7 Å². The number of rotatable bonds is 23. The molecule has 0 saturated heterocycles. The van der Waals surface area contributed by atoms with Gasteiger partial charge < -0.3 is 40.1 Å². The Labute approximate surface area is 319 Å². The van der Waals surface area contributed by atoms with Crippen LogP contribution in [0.4, 0.5) is 18.9 Å². The van der Waals surface area contributed by atoms with Gasteiger partial charge in [-0.3, -0.25) is 24.0 Å². The Morgan fingerprint density at radius 3 is 1.38 bits per heavy atom. The molecule has 0 radical (unpaired) electrons. The predicted molar refractivity (Wildman–Crippen MR) is 199 cm³/mol. The fraction of sp³-hybridized carbons (Fsp3) is 0.410. The maximum Gasteiger partial charge on any atom is 0.416 e. The summed E-state index contributed by atoms with van der Waals surface area (Å²) < 4.78 is 49.3. The van der Waals surface area contributed by atoms with E-state index in [2.05, 4.69) is 5.32 Å². The molecule has 3 aromatic carbocycles. The minimum Gasteiger partial charge on any atom is -0.383 e. The van der Waals surface area contributed by atoms with E-state index in [0.29, 0.717) is 12.8 Å². The molecule has 0 bridgehead atoms. The van der Waals surface area contributed by atoms with Crippen molar-refractivity contribution >= 4 is 35.2 Å². The van der Waals surface area contributed by atoms with Gasteiger partial charge in [0.25, 0.3) is 0 Å². The summed E-state index contributed by atoms with van der Waals surface area (Å²) in [5.41, 5.74) is 6.73. The van der Waals surface area contributed by atoms with Crippen LogP contribution < -0.4 is 11.1 Å². The van der Waals surface area contributed by atoms with Gasteiger partial charge in [0, 0.05) is 46.1 Å². The number of alkyl halides is 3. The van der Waals surface area contributed by atoms with Gasteiger partial charge in [0.15, 0.2) is 0 Å². The molecule has 13 nitrogen and oxygen atoms in total. The highest BCUT2D eigenvalue weighted by Crippen LogP contribution is 2.29. The molecule has 16 heteroatoms. The summed E-state index contributed by atoms with van der Waals surface area (Å²) in [6.07, 6.45) is -3.68. The second kappa shape index (κ2) is 22.7. The Morgan fingerprint density at radius 1 is 0.582 bits per heavy atom. The van der Waals surface area contributed by atoms with Gasteiger partial charge in [-0.25, -0.2) is 0 Å². The maximum atomic E-state index is 13.9. The van der Waals surface area contributed by atoms with Crippen LogP contribution in [0.2, 0.25) is 0 Å². The van der Waals surface area contributed by atoms with E-state index in [1.54, 1.807) is 0 Å². The fourth-order valence-electron chi connectivity index (χ4n) is 5.43. The molecule has 55 heavy (non-hydrogen) atoms. The number of amides is 5. The van der Waals surface area contributed by atoms with Gasteiger partial charge in [-0.1, -0.05) is 60.7 Å². The van der Waals surface area contributed by atoms with E-state index >= 15 is 0 Å². The van der Waals surface area contributed by atoms with Gasteiger partial charge in [-0.15, -0.1) is 0 Å². The van der Waals surface area contributed by atoms with Crippen molar-refractivity contribution in [3.05, 3.63) is 102 Å². The first-order valence-corrected chi connectivity index (χ1v) is 17.7. The smallest absolute Gasteiger partial charge is 0.383 e. The second-order valence-electron chi connectivity index (χ2n) is 12.6. The molecule has 0 spiro atoms. The fourth-order valence-corrected chi connectivity index (χ4v) is 5.43. The predicted octanol–water partition coefficient (Wildman–Crippen LogP) is 2.70. The monoisotopic (exact) mass is 770 g/mol. The molecular formula is C39H49F3N6O7. The Bertz CT molecular complexity index is 1660. The lowest BCUT2D eigenvalue weighted by Gasteiger charge is -2.31. The molecule has 0 atom stereocenters. The third kappa shape index (κ3) is 15.8. The van der Waals surface area contributed by atoms with E-state index < -0.39 is 60.9 Å². The van der Waals surface area contributed by atoms with Gasteiger partial charge in [-0.2, -0.15) is 13.2 Å². The van der Waals surface area contributed by atoms with Gasteiger partial charge in [0.1, 0.15) is 0 Å². The standard InChI is InChI=1S/C39H49F3N6O7/c1-54-23-21-47(35(50)25-44-33-15-13-32(14-16-33)39(40,41)42)28-37(52)46(20-18-31-11-7-4-8-12-31)27-38(53)48(22-24-55-2)29-36(51)45(26-34(43)49)19-17-30-9-5-3-6-10-30/h3-16,44H,17-29H2,1-2H3,(H2,43,49). The number of carbonyl (C=O) groups excluding carboxylic acids is 5. The van der Waals surface area contributed by atoms with Crippen LogP contribution in [0.3, 0.4) is 0 Å². The molecule has 0 unspecified atom stereocenters. The molecule has 3 rings (SSSR count). The number of methoxy groups -OCH3 is 2. The van der Waals surface area contributed by atoms with Crippen LogP contribution in [0, 0.1) is 0 Å². The zero-order valence-electron chi connectivity index (χ0n) is 31.1. The summed E-state index contributed by atoms with van der Waals surface area (Å²) in [5.74, 6) is -2.88. The van der Waals surface area contributed by atoms with Crippen LogP contribution in [-0.2, 0) is 52.5 Å². The molecule has 0 saturated carbocycles. The van der Waals surface area contributed by atoms with Crippen molar-refractivity contribution in [3.8, 4) is 0 Å². The van der Waals surface area contributed by atoms with Gasteiger partial charge in [-0.05, 0) is 48.2 Å². The second-order valence-corrected chi connectivity index (χ2v) is 12.6. The van der Waals surface area contributed by atoms with Gasteiger partial charge >= 0.3 is 6.18 Å². The number of nitrogens with one attached hydrogen (secondary N) is 1. The highest BCUT2D eigenvalue weighted by atomic mass is 19.4. The minimum atomic E-state index is -4.51. The number of benzene rings is 3. The summed E-state index contributed by atoms with van der Waals surface area (Å²) >= 11 is 0. The summed E-state index contributed by atoms with van der Waals surface area (Å²) in [7, 11) is 2.87. The first kappa shape index (κ1) is 43.9. The first-order valence-electron chi connectivity index (χ1n) is 17.7. The Kier molecular flexibility index (Phi) is 18.1. The quantitative estimate of drug-likeness (QED) is 0.149. The zero-order valence-corrected chi connectivity index (χ0v) is 31.1. The number of nitrogens with zero attached hydrogens (tertiary/aromatic N) is 4. The lowest BCUT2D eigenvalue weighted by atomic mass is 10.1. The lowest BCUT2D eigenvalue weighted by Crippen LogP contribution is -2.52. The van der Waals surface area contributed by atoms with Gasteiger partial charge in [0.2, 0.25) is 29.5 Å². The highest BCUT2D eigenvalue weighted by molar-refractivity contribution is 5.91. The number of ether oxygens (including phenoxy) is 2. The lowest BCUT2D eigenvalue weighted by molar-refractivity contribution is -0.146. The summed E-state index contributed by atoms with van der Waals surface area (Å²) in [6, 6.07) is 22.8. The van der Waals surface area contributed by atoms with Crippen molar-refractivity contribution in [1.82, 2.24) is 19.6 Å². The number of halogens is 3. The first-order chi connectivity index (χ1) is 26.3. The Balaban J connectivity index is 1.77.